The quantitative estimate of drug-likeness (QED) is 0.448. The van der Waals surface area contributed by atoms with Gasteiger partial charge in [-0.05, 0) is 30.3 Å². The molecule has 0 bridgehead atoms. The Morgan fingerprint density at radius 1 is 0.895 bits per heavy atom. The highest BCUT2D eigenvalue weighted by molar-refractivity contribution is 8.03. The van der Waals surface area contributed by atoms with Gasteiger partial charge in [0.2, 0.25) is 0 Å². The zero-order valence-electron chi connectivity index (χ0n) is 10.1. The number of rotatable bonds is 5. The van der Waals surface area contributed by atoms with E-state index in [1.54, 1.807) is 29.6 Å². The second kappa shape index (κ2) is 7.34. The molecule has 0 aromatic heterocycles. The number of para-hydroxylation sites is 1. The van der Waals surface area contributed by atoms with Crippen molar-refractivity contribution < 1.29 is 0 Å². The van der Waals surface area contributed by atoms with E-state index in [1.165, 1.54) is 0 Å². The molecule has 1 nitrogen and oxygen atoms in total. The number of anilines is 1. The minimum Gasteiger partial charge on any atom is -0.398 e. The molecule has 0 saturated carbocycles. The molecular weight excluding hydrogens is 317 g/mol. The van der Waals surface area contributed by atoms with Crippen molar-refractivity contribution in [3.63, 3.8) is 0 Å². The van der Waals surface area contributed by atoms with Crippen molar-refractivity contribution in [3.05, 3.63) is 52.5 Å². The van der Waals surface area contributed by atoms with Crippen LogP contribution in [-0.2, 0) is 0 Å². The van der Waals surface area contributed by atoms with Crippen LogP contribution in [0.2, 0.25) is 10.0 Å². The molecule has 2 N–H and O–H groups in total. The predicted octanol–water partition coefficient (Wildman–Crippen LogP) is 5.46. The largest absolute Gasteiger partial charge is 0.398 e. The van der Waals surface area contributed by atoms with Crippen molar-refractivity contribution in [2.24, 2.45) is 0 Å². The van der Waals surface area contributed by atoms with E-state index in [0.717, 1.165) is 32.0 Å². The number of nitrogen functional groups attached to an aromatic ring is 1. The first-order chi connectivity index (χ1) is 9.16. The zero-order chi connectivity index (χ0) is 13.7. The Balaban J connectivity index is 1.84. The smallest absolute Gasteiger partial charge is 0.0542 e. The summed E-state index contributed by atoms with van der Waals surface area (Å²) in [5.74, 6) is 1.93. The molecule has 19 heavy (non-hydrogen) atoms. The second-order valence-corrected chi connectivity index (χ2v) is 6.93. The van der Waals surface area contributed by atoms with Crippen molar-refractivity contribution in [2.45, 2.75) is 9.79 Å². The van der Waals surface area contributed by atoms with Crippen LogP contribution < -0.4 is 5.73 Å². The maximum atomic E-state index is 6.11. The molecule has 2 rings (SSSR count). The van der Waals surface area contributed by atoms with Gasteiger partial charge in [-0.3, -0.25) is 0 Å². The molecule has 0 fully saturated rings. The Labute approximate surface area is 131 Å². The molecular formula is C14H13Cl2NS2. The van der Waals surface area contributed by atoms with E-state index in [-0.39, 0.29) is 0 Å². The lowest BCUT2D eigenvalue weighted by molar-refractivity contribution is 1.41. The number of benzene rings is 2. The first-order valence-electron chi connectivity index (χ1n) is 5.72. The summed E-state index contributed by atoms with van der Waals surface area (Å²) in [6, 6.07) is 13.4. The molecule has 0 spiro atoms. The molecule has 0 saturated heterocycles. The molecule has 5 heteroatoms. The molecule has 0 amide bonds. The summed E-state index contributed by atoms with van der Waals surface area (Å²) in [6.45, 7) is 0. The summed E-state index contributed by atoms with van der Waals surface area (Å²) >= 11 is 15.5. The molecule has 0 heterocycles. The van der Waals surface area contributed by atoms with Gasteiger partial charge < -0.3 is 5.73 Å². The Hall–Kier alpha value is -0.480. The molecule has 0 aliphatic rings. The predicted molar refractivity (Wildman–Crippen MR) is 88.8 cm³/mol. The van der Waals surface area contributed by atoms with Gasteiger partial charge in [-0.1, -0.05) is 35.3 Å². The third-order valence-electron chi connectivity index (χ3n) is 2.41. The molecule has 0 aliphatic heterocycles. The topological polar surface area (TPSA) is 26.0 Å². The first kappa shape index (κ1) is 14.9. The van der Waals surface area contributed by atoms with Gasteiger partial charge in [0.1, 0.15) is 0 Å². The fourth-order valence-electron chi connectivity index (χ4n) is 1.50. The van der Waals surface area contributed by atoms with E-state index in [1.807, 2.05) is 36.4 Å². The fourth-order valence-corrected chi connectivity index (χ4v) is 3.95. The highest BCUT2D eigenvalue weighted by Crippen LogP contribution is 2.31. The van der Waals surface area contributed by atoms with Crippen LogP contribution in [-0.4, -0.2) is 11.5 Å². The monoisotopic (exact) mass is 329 g/mol. The standard InChI is InChI=1S/C14H13Cl2NS2/c15-10-5-6-11(16)14(9-10)19-8-7-18-13-4-2-1-3-12(13)17/h1-6,9H,7-8,17H2. The lowest BCUT2D eigenvalue weighted by atomic mass is 10.3. The number of thioether (sulfide) groups is 2. The van der Waals surface area contributed by atoms with Gasteiger partial charge >= 0.3 is 0 Å². The zero-order valence-corrected chi connectivity index (χ0v) is 13.3. The van der Waals surface area contributed by atoms with Crippen LogP contribution in [0.5, 0.6) is 0 Å². The number of hydrogen-bond donors (Lipinski definition) is 1. The van der Waals surface area contributed by atoms with Crippen molar-refractivity contribution in [1.82, 2.24) is 0 Å². The molecule has 0 unspecified atom stereocenters. The number of nitrogens with two attached hydrogens (primary N) is 1. The van der Waals surface area contributed by atoms with E-state index >= 15 is 0 Å². The van der Waals surface area contributed by atoms with E-state index in [0.29, 0.717) is 5.02 Å². The number of hydrogen-bond acceptors (Lipinski definition) is 3. The SMILES string of the molecule is Nc1ccccc1SCCSc1cc(Cl)ccc1Cl. The van der Waals surface area contributed by atoms with Crippen LogP contribution >= 0.6 is 46.7 Å². The average molecular weight is 330 g/mol. The molecule has 0 aliphatic carbocycles. The van der Waals surface area contributed by atoms with Crippen molar-refractivity contribution in [2.75, 3.05) is 17.2 Å². The molecule has 2 aromatic rings. The molecule has 2 aromatic carbocycles. The van der Waals surface area contributed by atoms with Gasteiger partial charge in [0.15, 0.2) is 0 Å². The van der Waals surface area contributed by atoms with Crippen molar-refractivity contribution >= 4 is 52.4 Å². The third kappa shape index (κ3) is 4.53. The van der Waals surface area contributed by atoms with Crippen LogP contribution in [0, 0.1) is 0 Å². The lowest BCUT2D eigenvalue weighted by Gasteiger charge is -2.06. The van der Waals surface area contributed by atoms with Crippen molar-refractivity contribution in [1.29, 1.82) is 0 Å². The van der Waals surface area contributed by atoms with Crippen LogP contribution in [0.1, 0.15) is 0 Å². The normalized spacial score (nSPS) is 10.6. The Bertz CT molecular complexity index is 561. The van der Waals surface area contributed by atoms with E-state index in [9.17, 15) is 0 Å². The summed E-state index contributed by atoms with van der Waals surface area (Å²) in [6.07, 6.45) is 0. The van der Waals surface area contributed by atoms with E-state index in [2.05, 4.69) is 0 Å². The minimum atomic E-state index is 0.715. The highest BCUT2D eigenvalue weighted by atomic mass is 35.5. The summed E-state index contributed by atoms with van der Waals surface area (Å²) < 4.78 is 0. The van der Waals surface area contributed by atoms with Crippen LogP contribution in [0.3, 0.4) is 0 Å². The summed E-state index contributed by atoms with van der Waals surface area (Å²) in [5, 5.41) is 1.46. The Kier molecular flexibility index (Phi) is 5.76. The summed E-state index contributed by atoms with van der Waals surface area (Å²) in [7, 11) is 0. The maximum absolute atomic E-state index is 6.11. The Morgan fingerprint density at radius 2 is 1.58 bits per heavy atom. The molecule has 0 atom stereocenters. The average Bonchev–Trinajstić information content (AvgIpc) is 2.40. The Morgan fingerprint density at radius 3 is 2.32 bits per heavy atom. The third-order valence-corrected chi connectivity index (χ3v) is 5.49. The first-order valence-corrected chi connectivity index (χ1v) is 8.44. The second-order valence-electron chi connectivity index (χ2n) is 3.81. The highest BCUT2D eigenvalue weighted by Gasteiger charge is 2.03. The minimum absolute atomic E-state index is 0.715. The molecule has 0 radical (unpaired) electrons. The van der Waals surface area contributed by atoms with Gasteiger partial charge in [0, 0.05) is 32.0 Å². The fraction of sp³-hybridized carbons (Fsp3) is 0.143. The maximum Gasteiger partial charge on any atom is 0.0542 e. The van der Waals surface area contributed by atoms with Crippen molar-refractivity contribution in [3.8, 4) is 0 Å². The lowest BCUT2D eigenvalue weighted by Crippen LogP contribution is -1.90. The summed E-state index contributed by atoms with van der Waals surface area (Å²) in [4.78, 5) is 2.15. The van der Waals surface area contributed by atoms with Crippen LogP contribution in [0.25, 0.3) is 0 Å². The molecule has 100 valence electrons. The van der Waals surface area contributed by atoms with E-state index < -0.39 is 0 Å². The van der Waals surface area contributed by atoms with Gasteiger partial charge in [-0.25, -0.2) is 0 Å². The van der Waals surface area contributed by atoms with E-state index in [4.69, 9.17) is 28.9 Å². The number of halogens is 2. The van der Waals surface area contributed by atoms with Crippen LogP contribution in [0.15, 0.2) is 52.3 Å². The van der Waals surface area contributed by atoms with Crippen LogP contribution in [0.4, 0.5) is 5.69 Å². The van der Waals surface area contributed by atoms with Gasteiger partial charge in [0.25, 0.3) is 0 Å². The van der Waals surface area contributed by atoms with Gasteiger partial charge in [-0.2, -0.15) is 0 Å². The van der Waals surface area contributed by atoms with Gasteiger partial charge in [0.05, 0.1) is 5.02 Å². The van der Waals surface area contributed by atoms with Gasteiger partial charge in [-0.15, -0.1) is 23.5 Å². The summed E-state index contributed by atoms with van der Waals surface area (Å²) in [5.41, 5.74) is 6.72.